The molecule has 1 unspecified atom stereocenters. The lowest BCUT2D eigenvalue weighted by atomic mass is 10.1. The van der Waals surface area contributed by atoms with E-state index in [2.05, 4.69) is 5.32 Å². The minimum absolute atomic E-state index is 0.0362. The highest BCUT2D eigenvalue weighted by Gasteiger charge is 2.13. The Bertz CT molecular complexity index is 398. The third-order valence-corrected chi connectivity index (χ3v) is 3.14. The van der Waals surface area contributed by atoms with Gasteiger partial charge >= 0.3 is 5.97 Å². The Labute approximate surface area is 104 Å². The van der Waals surface area contributed by atoms with Crippen LogP contribution in [0.5, 0.6) is 0 Å². The van der Waals surface area contributed by atoms with E-state index in [-0.39, 0.29) is 11.9 Å². The Morgan fingerprint density at radius 1 is 1.53 bits per heavy atom. The second-order valence-corrected chi connectivity index (χ2v) is 4.52. The second kappa shape index (κ2) is 6.85. The lowest BCUT2D eigenvalue weighted by molar-refractivity contribution is -0.131. The first kappa shape index (κ1) is 13.4. The molecular weight excluding hydrogens is 238 g/mol. The molecule has 1 heterocycles. The topological polar surface area (TPSA) is 66.4 Å². The maximum absolute atomic E-state index is 11.5. The predicted molar refractivity (Wildman–Crippen MR) is 66.9 cm³/mol. The molecule has 0 saturated carbocycles. The van der Waals surface area contributed by atoms with Crippen LogP contribution in [0.25, 0.3) is 0 Å². The van der Waals surface area contributed by atoms with Gasteiger partial charge in [0.15, 0.2) is 0 Å². The zero-order valence-electron chi connectivity index (χ0n) is 9.55. The number of carbonyl (C=O) groups is 2. The summed E-state index contributed by atoms with van der Waals surface area (Å²) in [6.07, 6.45) is 3.67. The molecule has 1 aromatic rings. The molecule has 0 saturated heterocycles. The van der Waals surface area contributed by atoms with Gasteiger partial charge in [0, 0.05) is 17.0 Å². The number of carbonyl (C=O) groups excluding carboxylic acids is 1. The number of aliphatic carboxylic acids is 1. The van der Waals surface area contributed by atoms with Crippen molar-refractivity contribution in [1.29, 1.82) is 0 Å². The molecule has 0 bridgehead atoms. The van der Waals surface area contributed by atoms with Crippen LogP contribution < -0.4 is 5.32 Å². The van der Waals surface area contributed by atoms with Crippen molar-refractivity contribution in [3.8, 4) is 0 Å². The number of hydrogen-bond acceptors (Lipinski definition) is 3. The van der Waals surface area contributed by atoms with Crippen LogP contribution in [0.2, 0.25) is 0 Å². The predicted octanol–water partition coefficient (Wildman–Crippen LogP) is 2.35. The van der Waals surface area contributed by atoms with Crippen molar-refractivity contribution < 1.29 is 14.7 Å². The molecule has 0 spiro atoms. The lowest BCUT2D eigenvalue weighted by Gasteiger charge is -2.15. The molecule has 1 rings (SSSR count). The maximum Gasteiger partial charge on any atom is 0.328 e. The van der Waals surface area contributed by atoms with Crippen molar-refractivity contribution in [2.45, 2.75) is 25.8 Å². The highest BCUT2D eigenvalue weighted by atomic mass is 32.1. The van der Waals surface area contributed by atoms with Gasteiger partial charge in [0.2, 0.25) is 5.91 Å². The van der Waals surface area contributed by atoms with Gasteiger partial charge in [0.25, 0.3) is 0 Å². The maximum atomic E-state index is 11.5. The van der Waals surface area contributed by atoms with Gasteiger partial charge < -0.3 is 10.4 Å². The molecule has 0 aliphatic rings. The van der Waals surface area contributed by atoms with Crippen LogP contribution in [0, 0.1) is 0 Å². The molecule has 17 heavy (non-hydrogen) atoms. The van der Waals surface area contributed by atoms with Crippen molar-refractivity contribution >= 4 is 23.2 Å². The summed E-state index contributed by atoms with van der Waals surface area (Å²) >= 11 is 1.58. The molecule has 0 radical (unpaired) electrons. The number of carboxylic acids is 1. The van der Waals surface area contributed by atoms with Crippen LogP contribution in [0.3, 0.4) is 0 Å². The standard InChI is InChI=1S/C12H15NO3S/c1-2-4-9(10-5-3-8-17-10)13-11(14)6-7-12(15)16/h3,5-9H,2,4H2,1H3,(H,13,14)(H,15,16). The molecule has 92 valence electrons. The van der Waals surface area contributed by atoms with Crippen molar-refractivity contribution in [3.05, 3.63) is 34.5 Å². The summed E-state index contributed by atoms with van der Waals surface area (Å²) in [6.45, 7) is 2.04. The lowest BCUT2D eigenvalue weighted by Crippen LogP contribution is -2.26. The monoisotopic (exact) mass is 253 g/mol. The average Bonchev–Trinajstić information content (AvgIpc) is 2.79. The van der Waals surface area contributed by atoms with Crippen LogP contribution in [-0.2, 0) is 9.59 Å². The SMILES string of the molecule is CCCC(NC(=O)C=CC(=O)O)c1cccs1. The van der Waals surface area contributed by atoms with Gasteiger partial charge in [-0.25, -0.2) is 4.79 Å². The Morgan fingerprint density at radius 3 is 2.82 bits per heavy atom. The highest BCUT2D eigenvalue weighted by molar-refractivity contribution is 7.10. The number of hydrogen-bond donors (Lipinski definition) is 2. The fourth-order valence-corrected chi connectivity index (χ4v) is 2.24. The van der Waals surface area contributed by atoms with Crippen molar-refractivity contribution in [2.75, 3.05) is 0 Å². The molecule has 0 aliphatic carbocycles. The molecule has 0 aliphatic heterocycles. The van der Waals surface area contributed by atoms with Crippen LogP contribution in [0.4, 0.5) is 0 Å². The van der Waals surface area contributed by atoms with E-state index in [4.69, 9.17) is 5.11 Å². The normalized spacial score (nSPS) is 12.5. The summed E-state index contributed by atoms with van der Waals surface area (Å²) in [6, 6.07) is 3.86. The zero-order valence-corrected chi connectivity index (χ0v) is 10.4. The summed E-state index contributed by atoms with van der Waals surface area (Å²) < 4.78 is 0. The number of amides is 1. The fourth-order valence-electron chi connectivity index (χ4n) is 1.43. The fraction of sp³-hybridized carbons (Fsp3) is 0.333. The first-order chi connectivity index (χ1) is 8.13. The second-order valence-electron chi connectivity index (χ2n) is 3.54. The van der Waals surface area contributed by atoms with Crippen molar-refractivity contribution in [2.24, 2.45) is 0 Å². The molecule has 1 atom stereocenters. The van der Waals surface area contributed by atoms with Crippen LogP contribution >= 0.6 is 11.3 Å². The molecule has 5 heteroatoms. The summed E-state index contributed by atoms with van der Waals surface area (Å²) in [7, 11) is 0. The van der Waals surface area contributed by atoms with Gasteiger partial charge in [0.1, 0.15) is 0 Å². The minimum Gasteiger partial charge on any atom is -0.478 e. The average molecular weight is 253 g/mol. The number of rotatable bonds is 6. The number of nitrogens with one attached hydrogen (secondary N) is 1. The largest absolute Gasteiger partial charge is 0.478 e. The van der Waals surface area contributed by atoms with Gasteiger partial charge in [-0.05, 0) is 17.9 Å². The van der Waals surface area contributed by atoms with E-state index in [1.165, 1.54) is 0 Å². The molecule has 1 amide bonds. The van der Waals surface area contributed by atoms with Gasteiger partial charge in [-0.15, -0.1) is 11.3 Å². The Kier molecular flexibility index (Phi) is 5.42. The molecule has 0 fully saturated rings. The molecule has 2 N–H and O–H groups in total. The van der Waals surface area contributed by atoms with Crippen LogP contribution in [0.15, 0.2) is 29.7 Å². The summed E-state index contributed by atoms with van der Waals surface area (Å²) in [5.41, 5.74) is 0. The third-order valence-electron chi connectivity index (χ3n) is 2.16. The van der Waals surface area contributed by atoms with E-state index in [1.807, 2.05) is 24.4 Å². The highest BCUT2D eigenvalue weighted by Crippen LogP contribution is 2.22. The van der Waals surface area contributed by atoms with Crippen LogP contribution in [-0.4, -0.2) is 17.0 Å². The smallest absolute Gasteiger partial charge is 0.328 e. The first-order valence-corrected chi connectivity index (χ1v) is 6.26. The first-order valence-electron chi connectivity index (χ1n) is 5.38. The van der Waals surface area contributed by atoms with Gasteiger partial charge in [0.05, 0.1) is 6.04 Å². The third kappa shape index (κ3) is 4.82. The summed E-state index contributed by atoms with van der Waals surface area (Å²) in [5, 5.41) is 13.2. The molecule has 1 aromatic heterocycles. The molecule has 4 nitrogen and oxygen atoms in total. The minimum atomic E-state index is -1.12. The van der Waals surface area contributed by atoms with Gasteiger partial charge in [-0.1, -0.05) is 19.4 Å². The van der Waals surface area contributed by atoms with Crippen molar-refractivity contribution in [1.82, 2.24) is 5.32 Å². The summed E-state index contributed by atoms with van der Waals surface area (Å²) in [5.74, 6) is -1.50. The van der Waals surface area contributed by atoms with E-state index >= 15 is 0 Å². The summed E-state index contributed by atoms with van der Waals surface area (Å²) in [4.78, 5) is 22.8. The van der Waals surface area contributed by atoms with Gasteiger partial charge in [-0.2, -0.15) is 0 Å². The van der Waals surface area contributed by atoms with E-state index in [1.54, 1.807) is 11.3 Å². The Hall–Kier alpha value is -1.62. The number of thiophene rings is 1. The molecule has 0 aromatic carbocycles. The Balaban J connectivity index is 2.61. The van der Waals surface area contributed by atoms with Crippen LogP contribution in [0.1, 0.15) is 30.7 Å². The van der Waals surface area contributed by atoms with E-state index in [9.17, 15) is 9.59 Å². The number of carboxylic acid groups (broad SMARTS) is 1. The van der Waals surface area contributed by atoms with E-state index in [0.717, 1.165) is 29.9 Å². The quantitative estimate of drug-likeness (QED) is 0.765. The van der Waals surface area contributed by atoms with E-state index < -0.39 is 5.97 Å². The molecular formula is C12H15NO3S. The Morgan fingerprint density at radius 2 is 2.29 bits per heavy atom. The van der Waals surface area contributed by atoms with Gasteiger partial charge in [-0.3, -0.25) is 4.79 Å². The zero-order chi connectivity index (χ0) is 12.7. The van der Waals surface area contributed by atoms with Crippen molar-refractivity contribution in [3.63, 3.8) is 0 Å². The van der Waals surface area contributed by atoms with E-state index in [0.29, 0.717) is 0 Å².